The minimum atomic E-state index is -0.821. The van der Waals surface area contributed by atoms with Gasteiger partial charge in [0.1, 0.15) is 6.04 Å². The Kier molecular flexibility index (Phi) is 7.44. The normalized spacial score (nSPS) is 15.9. The Bertz CT molecular complexity index is 582. The van der Waals surface area contributed by atoms with Gasteiger partial charge in [-0.25, -0.2) is 4.79 Å². The van der Waals surface area contributed by atoms with Crippen molar-refractivity contribution in [1.29, 1.82) is 0 Å². The maximum atomic E-state index is 12.0. The lowest BCUT2D eigenvalue weighted by molar-refractivity contribution is -0.150. The molecular weight excluding hydrogens is 320 g/mol. The van der Waals surface area contributed by atoms with E-state index in [1.807, 2.05) is 0 Å². The van der Waals surface area contributed by atoms with E-state index in [0.29, 0.717) is 18.0 Å². The number of carbonyl (C=O) groups excluding carboxylic acids is 3. The zero-order valence-corrected chi connectivity index (χ0v) is 14.6. The second-order valence-electron chi connectivity index (χ2n) is 6.48. The van der Waals surface area contributed by atoms with Gasteiger partial charge in [0.25, 0.3) is 11.8 Å². The van der Waals surface area contributed by atoms with Crippen molar-refractivity contribution in [2.75, 3.05) is 13.2 Å². The molecule has 0 aromatic heterocycles. The molecule has 0 bridgehead atoms. The van der Waals surface area contributed by atoms with Gasteiger partial charge in [-0.1, -0.05) is 37.5 Å². The van der Waals surface area contributed by atoms with Crippen LogP contribution in [0, 0.1) is 5.92 Å². The zero-order valence-electron chi connectivity index (χ0n) is 14.6. The highest BCUT2D eigenvalue weighted by Crippen LogP contribution is 2.22. The molecule has 25 heavy (non-hydrogen) atoms. The van der Waals surface area contributed by atoms with Crippen molar-refractivity contribution >= 4 is 17.8 Å². The van der Waals surface area contributed by atoms with Crippen LogP contribution < -0.4 is 10.6 Å². The summed E-state index contributed by atoms with van der Waals surface area (Å²) in [5, 5.41) is 5.37. The van der Waals surface area contributed by atoms with E-state index in [2.05, 4.69) is 10.6 Å². The van der Waals surface area contributed by atoms with Crippen LogP contribution in [-0.4, -0.2) is 37.0 Å². The molecule has 1 saturated carbocycles. The van der Waals surface area contributed by atoms with Crippen LogP contribution in [0.25, 0.3) is 0 Å². The standard InChI is InChI=1S/C19H26N2O4/c1-14(21-18(23)16-10-6-3-7-11-16)19(24)25-13-17(22)20-12-15-8-4-2-5-9-15/h3,6-7,10-11,14-15H,2,4-5,8-9,12-13H2,1H3,(H,20,22)(H,21,23)/t14-/m0/s1. The van der Waals surface area contributed by atoms with E-state index < -0.39 is 12.0 Å². The number of carbonyl (C=O) groups is 3. The monoisotopic (exact) mass is 346 g/mol. The minimum absolute atomic E-state index is 0.305. The van der Waals surface area contributed by atoms with Crippen molar-refractivity contribution in [3.05, 3.63) is 35.9 Å². The van der Waals surface area contributed by atoms with Gasteiger partial charge in [0, 0.05) is 12.1 Å². The first-order chi connectivity index (χ1) is 12.1. The van der Waals surface area contributed by atoms with Crippen LogP contribution in [0.2, 0.25) is 0 Å². The lowest BCUT2D eigenvalue weighted by Crippen LogP contribution is -2.41. The third-order valence-electron chi connectivity index (χ3n) is 4.40. The summed E-state index contributed by atoms with van der Waals surface area (Å²) in [6, 6.07) is 7.79. The van der Waals surface area contributed by atoms with Crippen LogP contribution >= 0.6 is 0 Å². The molecule has 136 valence electrons. The Balaban J connectivity index is 1.66. The molecule has 1 aliphatic rings. The highest BCUT2D eigenvalue weighted by molar-refractivity contribution is 5.96. The van der Waals surface area contributed by atoms with Crippen LogP contribution in [0.4, 0.5) is 0 Å². The van der Waals surface area contributed by atoms with Crippen molar-refractivity contribution in [3.8, 4) is 0 Å². The topological polar surface area (TPSA) is 84.5 Å². The lowest BCUT2D eigenvalue weighted by atomic mass is 9.89. The molecule has 6 heteroatoms. The van der Waals surface area contributed by atoms with E-state index in [9.17, 15) is 14.4 Å². The van der Waals surface area contributed by atoms with Crippen molar-refractivity contribution in [2.24, 2.45) is 5.92 Å². The Morgan fingerprint density at radius 3 is 2.48 bits per heavy atom. The molecule has 0 aliphatic heterocycles. The minimum Gasteiger partial charge on any atom is -0.454 e. The summed E-state index contributed by atoms with van der Waals surface area (Å²) >= 11 is 0. The zero-order chi connectivity index (χ0) is 18.1. The average Bonchev–Trinajstić information content (AvgIpc) is 2.65. The maximum absolute atomic E-state index is 12.0. The molecule has 1 aliphatic carbocycles. The summed E-state index contributed by atoms with van der Waals surface area (Å²) in [4.78, 5) is 35.7. The fraction of sp³-hybridized carbons (Fsp3) is 0.526. The number of benzene rings is 1. The van der Waals surface area contributed by atoms with E-state index in [1.165, 1.54) is 26.2 Å². The summed E-state index contributed by atoms with van der Waals surface area (Å²) in [7, 11) is 0. The van der Waals surface area contributed by atoms with Crippen LogP contribution in [-0.2, 0) is 14.3 Å². The highest BCUT2D eigenvalue weighted by atomic mass is 16.5. The molecule has 1 aromatic rings. The molecule has 6 nitrogen and oxygen atoms in total. The van der Waals surface area contributed by atoms with Crippen molar-refractivity contribution in [3.63, 3.8) is 0 Å². The van der Waals surface area contributed by atoms with Gasteiger partial charge >= 0.3 is 5.97 Å². The van der Waals surface area contributed by atoms with Crippen molar-refractivity contribution < 1.29 is 19.1 Å². The van der Waals surface area contributed by atoms with E-state index in [4.69, 9.17) is 4.74 Å². The van der Waals surface area contributed by atoms with Gasteiger partial charge in [0.15, 0.2) is 6.61 Å². The van der Waals surface area contributed by atoms with Gasteiger partial charge in [-0.15, -0.1) is 0 Å². The molecule has 2 amide bonds. The van der Waals surface area contributed by atoms with Gasteiger partial charge in [0.05, 0.1) is 0 Å². The first kappa shape index (κ1) is 19.0. The second kappa shape index (κ2) is 9.81. The van der Waals surface area contributed by atoms with Crippen molar-refractivity contribution in [1.82, 2.24) is 10.6 Å². The number of rotatable bonds is 7. The first-order valence-corrected chi connectivity index (χ1v) is 8.85. The molecule has 1 atom stereocenters. The number of ether oxygens (including phenoxy) is 1. The van der Waals surface area contributed by atoms with E-state index >= 15 is 0 Å². The Morgan fingerprint density at radius 2 is 1.80 bits per heavy atom. The third-order valence-corrected chi connectivity index (χ3v) is 4.40. The Labute approximate surface area is 148 Å². The van der Waals surface area contributed by atoms with Gasteiger partial charge in [-0.3, -0.25) is 9.59 Å². The van der Waals surface area contributed by atoms with E-state index in [0.717, 1.165) is 12.8 Å². The SMILES string of the molecule is C[C@H](NC(=O)c1ccccc1)C(=O)OCC(=O)NCC1CCCCC1. The number of nitrogens with one attached hydrogen (secondary N) is 2. The van der Waals surface area contributed by atoms with Crippen LogP contribution in [0.1, 0.15) is 49.4 Å². The molecule has 2 N–H and O–H groups in total. The molecule has 2 rings (SSSR count). The molecule has 0 radical (unpaired) electrons. The summed E-state index contributed by atoms with van der Waals surface area (Å²) in [6.07, 6.45) is 5.99. The summed E-state index contributed by atoms with van der Waals surface area (Å²) in [5.74, 6) is -0.762. The van der Waals surface area contributed by atoms with E-state index in [-0.39, 0.29) is 18.4 Å². The van der Waals surface area contributed by atoms with Gasteiger partial charge in [-0.2, -0.15) is 0 Å². The second-order valence-corrected chi connectivity index (χ2v) is 6.48. The fourth-order valence-corrected chi connectivity index (χ4v) is 2.89. The summed E-state index contributed by atoms with van der Waals surface area (Å²) in [5.41, 5.74) is 0.465. The predicted octanol–water partition coefficient (Wildman–Crippen LogP) is 2.04. The number of amides is 2. The molecule has 0 spiro atoms. The lowest BCUT2D eigenvalue weighted by Gasteiger charge is -2.21. The molecule has 1 fully saturated rings. The van der Waals surface area contributed by atoms with Gasteiger partial charge in [0.2, 0.25) is 0 Å². The van der Waals surface area contributed by atoms with Crippen LogP contribution in [0.15, 0.2) is 30.3 Å². The third kappa shape index (κ3) is 6.57. The quantitative estimate of drug-likeness (QED) is 0.740. The molecular formula is C19H26N2O4. The summed E-state index contributed by atoms with van der Waals surface area (Å²) < 4.78 is 4.98. The van der Waals surface area contributed by atoms with Gasteiger partial charge < -0.3 is 15.4 Å². The fourth-order valence-electron chi connectivity index (χ4n) is 2.89. The summed E-state index contributed by atoms with van der Waals surface area (Å²) in [6.45, 7) is 1.84. The van der Waals surface area contributed by atoms with E-state index in [1.54, 1.807) is 30.3 Å². The molecule has 0 saturated heterocycles. The Morgan fingerprint density at radius 1 is 1.12 bits per heavy atom. The van der Waals surface area contributed by atoms with Crippen LogP contribution in [0.5, 0.6) is 0 Å². The van der Waals surface area contributed by atoms with Gasteiger partial charge in [-0.05, 0) is 37.8 Å². The predicted molar refractivity (Wildman–Crippen MR) is 93.9 cm³/mol. The number of hydrogen-bond acceptors (Lipinski definition) is 4. The number of esters is 1. The smallest absolute Gasteiger partial charge is 0.328 e. The maximum Gasteiger partial charge on any atom is 0.328 e. The molecule has 0 heterocycles. The highest BCUT2D eigenvalue weighted by Gasteiger charge is 2.19. The first-order valence-electron chi connectivity index (χ1n) is 8.85. The average molecular weight is 346 g/mol. The van der Waals surface area contributed by atoms with Crippen molar-refractivity contribution in [2.45, 2.75) is 45.1 Å². The Hall–Kier alpha value is -2.37. The molecule has 1 aromatic carbocycles. The molecule has 0 unspecified atom stereocenters. The largest absolute Gasteiger partial charge is 0.454 e. The van der Waals surface area contributed by atoms with Crippen LogP contribution in [0.3, 0.4) is 0 Å². The number of hydrogen-bond donors (Lipinski definition) is 2.